The number of aromatic nitrogens is 2. The van der Waals surface area contributed by atoms with E-state index in [-0.39, 0.29) is 17.6 Å². The molecule has 1 aromatic heterocycles. The smallest absolute Gasteiger partial charge is 0.242 e. The fraction of sp³-hybridized carbons (Fsp3) is 0.737. The third kappa shape index (κ3) is 3.36. The van der Waals surface area contributed by atoms with E-state index in [1.807, 2.05) is 6.07 Å². The summed E-state index contributed by atoms with van der Waals surface area (Å²) in [6.45, 7) is 3.47. The standard InChI is InChI=1S/C19H28N4O2/c1-19(8-4-11-25-19)13-22-17(24)16-12-14-6-2-3-7-15(14)23(16)18-20-9-5-10-21-18/h5,9-10,14-16H,2-4,6-8,11-13H2,1H3,(H,22,24). The molecule has 6 nitrogen and oxygen atoms in total. The molecule has 6 heteroatoms. The minimum absolute atomic E-state index is 0.0959. The highest BCUT2D eigenvalue weighted by molar-refractivity contribution is 5.85. The number of nitrogens with zero attached hydrogens (tertiary/aromatic N) is 3. The van der Waals surface area contributed by atoms with Crippen molar-refractivity contribution >= 4 is 11.9 Å². The van der Waals surface area contributed by atoms with Crippen molar-refractivity contribution in [3.8, 4) is 0 Å². The van der Waals surface area contributed by atoms with Crippen molar-refractivity contribution in [1.82, 2.24) is 15.3 Å². The quantitative estimate of drug-likeness (QED) is 0.908. The van der Waals surface area contributed by atoms with Gasteiger partial charge < -0.3 is 15.0 Å². The lowest BCUT2D eigenvalue weighted by molar-refractivity contribution is -0.123. The Morgan fingerprint density at radius 2 is 2.12 bits per heavy atom. The van der Waals surface area contributed by atoms with Gasteiger partial charge in [0, 0.05) is 31.6 Å². The number of amides is 1. The van der Waals surface area contributed by atoms with Crippen molar-refractivity contribution < 1.29 is 9.53 Å². The van der Waals surface area contributed by atoms with Gasteiger partial charge in [0.1, 0.15) is 6.04 Å². The molecule has 4 atom stereocenters. The molecule has 4 rings (SSSR count). The van der Waals surface area contributed by atoms with E-state index in [0.717, 1.165) is 32.3 Å². The molecule has 0 radical (unpaired) electrons. The molecule has 0 bridgehead atoms. The lowest BCUT2D eigenvalue weighted by atomic mass is 9.85. The predicted molar refractivity (Wildman–Crippen MR) is 95.3 cm³/mol. The molecule has 25 heavy (non-hydrogen) atoms. The molecule has 1 saturated carbocycles. The Hall–Kier alpha value is -1.69. The second-order valence-corrected chi connectivity index (χ2v) is 7.94. The topological polar surface area (TPSA) is 67.4 Å². The zero-order valence-corrected chi connectivity index (χ0v) is 15.0. The summed E-state index contributed by atoms with van der Waals surface area (Å²) < 4.78 is 5.81. The Balaban J connectivity index is 1.50. The first-order chi connectivity index (χ1) is 12.2. The monoisotopic (exact) mass is 344 g/mol. The SMILES string of the molecule is CC1(CNC(=O)C2CC3CCCCC3N2c2ncccn2)CCCO1. The van der Waals surface area contributed by atoms with Gasteiger partial charge in [-0.05, 0) is 51.0 Å². The fourth-order valence-corrected chi connectivity index (χ4v) is 4.77. The highest BCUT2D eigenvalue weighted by atomic mass is 16.5. The Morgan fingerprint density at radius 1 is 1.32 bits per heavy atom. The van der Waals surface area contributed by atoms with E-state index in [1.54, 1.807) is 12.4 Å². The molecule has 3 fully saturated rings. The maximum atomic E-state index is 13.0. The number of anilines is 1. The Morgan fingerprint density at radius 3 is 2.88 bits per heavy atom. The first-order valence-corrected chi connectivity index (χ1v) is 9.63. The van der Waals surface area contributed by atoms with Crippen LogP contribution in [0.1, 0.15) is 51.9 Å². The summed E-state index contributed by atoms with van der Waals surface area (Å²) in [4.78, 5) is 24.1. The summed E-state index contributed by atoms with van der Waals surface area (Å²) >= 11 is 0. The van der Waals surface area contributed by atoms with Crippen molar-refractivity contribution in [3.63, 3.8) is 0 Å². The number of nitrogens with one attached hydrogen (secondary N) is 1. The molecule has 136 valence electrons. The fourth-order valence-electron chi connectivity index (χ4n) is 4.77. The zero-order valence-electron chi connectivity index (χ0n) is 15.0. The Bertz CT molecular complexity index is 603. The molecular formula is C19H28N4O2. The largest absolute Gasteiger partial charge is 0.373 e. The maximum Gasteiger partial charge on any atom is 0.242 e. The summed E-state index contributed by atoms with van der Waals surface area (Å²) in [5.41, 5.74) is -0.213. The van der Waals surface area contributed by atoms with Crippen molar-refractivity contribution in [1.29, 1.82) is 0 Å². The van der Waals surface area contributed by atoms with E-state index in [0.29, 0.717) is 24.5 Å². The third-order valence-electron chi connectivity index (χ3n) is 6.11. The van der Waals surface area contributed by atoms with Crippen LogP contribution in [0.4, 0.5) is 5.95 Å². The molecule has 4 unspecified atom stereocenters. The van der Waals surface area contributed by atoms with Gasteiger partial charge in [-0.1, -0.05) is 12.8 Å². The van der Waals surface area contributed by atoms with E-state index in [4.69, 9.17) is 4.74 Å². The number of carbonyl (C=O) groups excluding carboxylic acids is 1. The van der Waals surface area contributed by atoms with Crippen molar-refractivity contribution in [3.05, 3.63) is 18.5 Å². The molecule has 1 amide bonds. The summed E-state index contributed by atoms with van der Waals surface area (Å²) in [6.07, 6.45) is 11.4. The predicted octanol–water partition coefficient (Wildman–Crippen LogP) is 2.30. The molecule has 1 aromatic rings. The number of hydrogen-bond donors (Lipinski definition) is 1. The van der Waals surface area contributed by atoms with Gasteiger partial charge >= 0.3 is 0 Å². The summed E-state index contributed by atoms with van der Waals surface area (Å²) in [6, 6.07) is 2.05. The molecule has 1 N–H and O–H groups in total. The second-order valence-electron chi connectivity index (χ2n) is 7.94. The van der Waals surface area contributed by atoms with E-state index >= 15 is 0 Å². The van der Waals surface area contributed by atoms with Crippen molar-refractivity contribution in [2.45, 2.75) is 69.6 Å². The normalized spacial score (nSPS) is 34.8. The molecule has 0 aromatic carbocycles. The average molecular weight is 344 g/mol. The highest BCUT2D eigenvalue weighted by Crippen LogP contribution is 2.41. The maximum absolute atomic E-state index is 13.0. The summed E-state index contributed by atoms with van der Waals surface area (Å²) in [5, 5.41) is 3.16. The second kappa shape index (κ2) is 6.90. The molecule has 2 aliphatic heterocycles. The Kier molecular flexibility index (Phi) is 4.63. The first kappa shape index (κ1) is 16.8. The molecule has 3 heterocycles. The number of fused-ring (bicyclic) bond motifs is 1. The molecule has 1 aliphatic carbocycles. The lowest BCUT2D eigenvalue weighted by Gasteiger charge is -2.33. The summed E-state index contributed by atoms with van der Waals surface area (Å²) in [7, 11) is 0. The molecule has 2 saturated heterocycles. The zero-order chi connectivity index (χ0) is 17.3. The van der Waals surface area contributed by atoms with E-state index < -0.39 is 0 Å². The van der Waals surface area contributed by atoms with Gasteiger partial charge in [-0.3, -0.25) is 4.79 Å². The van der Waals surface area contributed by atoms with Gasteiger partial charge in [0.2, 0.25) is 11.9 Å². The number of hydrogen-bond acceptors (Lipinski definition) is 5. The third-order valence-corrected chi connectivity index (χ3v) is 6.11. The highest BCUT2D eigenvalue weighted by Gasteiger charge is 2.46. The van der Waals surface area contributed by atoms with Crippen LogP contribution < -0.4 is 10.2 Å². The van der Waals surface area contributed by atoms with Crippen LogP contribution in [-0.4, -0.2) is 46.7 Å². The van der Waals surface area contributed by atoms with Crippen LogP contribution in [-0.2, 0) is 9.53 Å². The lowest BCUT2D eigenvalue weighted by Crippen LogP contribution is -2.50. The van der Waals surface area contributed by atoms with Gasteiger partial charge in [0.05, 0.1) is 5.60 Å². The number of ether oxygens (including phenoxy) is 1. The minimum Gasteiger partial charge on any atom is -0.373 e. The van der Waals surface area contributed by atoms with Crippen LogP contribution in [0.3, 0.4) is 0 Å². The van der Waals surface area contributed by atoms with Crippen molar-refractivity contribution in [2.75, 3.05) is 18.1 Å². The van der Waals surface area contributed by atoms with Crippen LogP contribution in [0.15, 0.2) is 18.5 Å². The van der Waals surface area contributed by atoms with Gasteiger partial charge in [-0.25, -0.2) is 9.97 Å². The first-order valence-electron chi connectivity index (χ1n) is 9.63. The summed E-state index contributed by atoms with van der Waals surface area (Å²) in [5.74, 6) is 1.37. The number of rotatable bonds is 4. The van der Waals surface area contributed by atoms with Crippen LogP contribution in [0.25, 0.3) is 0 Å². The average Bonchev–Trinajstić information content (AvgIpc) is 3.25. The van der Waals surface area contributed by atoms with Crippen LogP contribution in [0.2, 0.25) is 0 Å². The molecular weight excluding hydrogens is 316 g/mol. The molecule has 0 spiro atoms. The van der Waals surface area contributed by atoms with Crippen LogP contribution in [0, 0.1) is 5.92 Å². The minimum atomic E-state index is -0.213. The van der Waals surface area contributed by atoms with Crippen LogP contribution in [0.5, 0.6) is 0 Å². The van der Waals surface area contributed by atoms with E-state index in [9.17, 15) is 4.79 Å². The Labute approximate surface area is 149 Å². The van der Waals surface area contributed by atoms with Gasteiger partial charge in [0.25, 0.3) is 0 Å². The number of carbonyl (C=O) groups is 1. The molecule has 3 aliphatic rings. The van der Waals surface area contributed by atoms with Crippen LogP contribution >= 0.6 is 0 Å². The van der Waals surface area contributed by atoms with Gasteiger partial charge in [-0.15, -0.1) is 0 Å². The van der Waals surface area contributed by atoms with Gasteiger partial charge in [-0.2, -0.15) is 0 Å². The van der Waals surface area contributed by atoms with E-state index in [2.05, 4.69) is 27.1 Å². The van der Waals surface area contributed by atoms with Crippen molar-refractivity contribution in [2.24, 2.45) is 5.92 Å². The van der Waals surface area contributed by atoms with Gasteiger partial charge in [0.15, 0.2) is 0 Å². The van der Waals surface area contributed by atoms with E-state index in [1.165, 1.54) is 19.3 Å².